The highest BCUT2D eigenvalue weighted by Crippen LogP contribution is 2.33. The van der Waals surface area contributed by atoms with Crippen LogP contribution in [0.15, 0.2) is 72.9 Å². The number of tetrazole rings is 1. The Balaban J connectivity index is 0.00000256. The fourth-order valence-electron chi connectivity index (χ4n) is 3.50. The van der Waals surface area contributed by atoms with Gasteiger partial charge < -0.3 is 10.9 Å². The topological polar surface area (TPSA) is 112 Å². The number of aromatic amines is 1. The van der Waals surface area contributed by atoms with E-state index in [-0.39, 0.29) is 6.15 Å². The Morgan fingerprint density at radius 2 is 1.60 bits per heavy atom. The summed E-state index contributed by atoms with van der Waals surface area (Å²) in [5.74, 6) is 2.26. The quantitative estimate of drug-likeness (QED) is 0.460. The minimum atomic E-state index is 0. The van der Waals surface area contributed by atoms with Gasteiger partial charge in [-0.15, -0.1) is 5.10 Å². The molecule has 0 amide bonds. The fraction of sp³-hybridized carbons (Fsp3) is 0.217. The van der Waals surface area contributed by atoms with Crippen molar-refractivity contribution >= 4 is 0 Å². The molecule has 154 valence electrons. The van der Waals surface area contributed by atoms with Crippen molar-refractivity contribution in [3.05, 3.63) is 89.7 Å². The first-order valence-corrected chi connectivity index (χ1v) is 9.67. The number of nitrogens with one attached hydrogen (secondary N) is 1. The van der Waals surface area contributed by atoms with E-state index in [1.165, 1.54) is 11.1 Å². The van der Waals surface area contributed by atoms with Crippen molar-refractivity contribution in [2.45, 2.75) is 26.4 Å². The highest BCUT2D eigenvalue weighted by molar-refractivity contribution is 5.55. The van der Waals surface area contributed by atoms with Gasteiger partial charge in [-0.3, -0.25) is 4.98 Å². The summed E-state index contributed by atoms with van der Waals surface area (Å²) < 4.78 is 5.87. The van der Waals surface area contributed by atoms with E-state index in [1.807, 2.05) is 30.3 Å². The lowest BCUT2D eigenvalue weighted by Gasteiger charge is -2.22. The molecule has 0 radical (unpaired) electrons. The minimum Gasteiger partial charge on any atom is -0.487 e. The number of ether oxygens (including phenoxy) is 1. The number of H-pyrrole nitrogens is 1. The van der Waals surface area contributed by atoms with Gasteiger partial charge in [0.05, 0.1) is 5.69 Å². The molecule has 0 saturated carbocycles. The zero-order valence-electron chi connectivity index (χ0n) is 17.2. The summed E-state index contributed by atoms with van der Waals surface area (Å²) in [5, 5.41) is 14.0. The molecule has 7 nitrogen and oxygen atoms in total. The average Bonchev–Trinajstić information content (AvgIpc) is 3.29. The van der Waals surface area contributed by atoms with Crippen LogP contribution in [0.4, 0.5) is 0 Å². The Morgan fingerprint density at radius 3 is 2.17 bits per heavy atom. The predicted octanol–water partition coefficient (Wildman–Crippen LogP) is 4.79. The molecule has 1 atom stereocenters. The maximum Gasteiger partial charge on any atom is 0.179 e. The van der Waals surface area contributed by atoms with Gasteiger partial charge >= 0.3 is 0 Å². The molecule has 4 rings (SSSR count). The second-order valence-corrected chi connectivity index (χ2v) is 7.27. The van der Waals surface area contributed by atoms with E-state index >= 15 is 0 Å². The first-order valence-electron chi connectivity index (χ1n) is 9.67. The van der Waals surface area contributed by atoms with Gasteiger partial charge in [-0.2, -0.15) is 0 Å². The molecule has 2 heterocycles. The molecule has 1 unspecified atom stereocenters. The van der Waals surface area contributed by atoms with Crippen LogP contribution in [0.5, 0.6) is 5.75 Å². The maximum absolute atomic E-state index is 5.87. The van der Waals surface area contributed by atoms with Gasteiger partial charge in [-0.05, 0) is 51.7 Å². The molecule has 0 aliphatic rings. The molecule has 30 heavy (non-hydrogen) atoms. The normalized spacial score (nSPS) is 11.7. The summed E-state index contributed by atoms with van der Waals surface area (Å²) in [4.78, 5) is 4.29. The van der Waals surface area contributed by atoms with Crippen LogP contribution >= 0.6 is 0 Å². The Kier molecular flexibility index (Phi) is 6.87. The van der Waals surface area contributed by atoms with Crippen molar-refractivity contribution in [3.8, 4) is 17.1 Å². The number of aromatic nitrogens is 5. The van der Waals surface area contributed by atoms with Gasteiger partial charge in [0.1, 0.15) is 12.4 Å². The largest absolute Gasteiger partial charge is 0.487 e. The van der Waals surface area contributed by atoms with Gasteiger partial charge in [0.2, 0.25) is 0 Å². The zero-order valence-corrected chi connectivity index (χ0v) is 17.2. The monoisotopic (exact) mass is 402 g/mol. The molecule has 7 heteroatoms. The lowest BCUT2D eigenvalue weighted by atomic mass is 9.82. The van der Waals surface area contributed by atoms with Crippen LogP contribution in [0.2, 0.25) is 0 Å². The highest BCUT2D eigenvalue weighted by atomic mass is 16.5. The van der Waals surface area contributed by atoms with Crippen molar-refractivity contribution in [2.75, 3.05) is 0 Å². The van der Waals surface area contributed by atoms with E-state index in [0.29, 0.717) is 24.3 Å². The molecule has 0 fully saturated rings. The van der Waals surface area contributed by atoms with Crippen molar-refractivity contribution in [1.82, 2.24) is 31.8 Å². The molecule has 0 aliphatic heterocycles. The van der Waals surface area contributed by atoms with Crippen molar-refractivity contribution in [1.29, 1.82) is 0 Å². The lowest BCUT2D eigenvalue weighted by molar-refractivity contribution is 0.301. The third-order valence-electron chi connectivity index (χ3n) is 4.91. The molecule has 2 aromatic heterocycles. The molecule has 0 bridgehead atoms. The smallest absolute Gasteiger partial charge is 0.179 e. The second-order valence-electron chi connectivity index (χ2n) is 7.27. The first kappa shape index (κ1) is 21.1. The van der Waals surface area contributed by atoms with Gasteiger partial charge in [0.25, 0.3) is 0 Å². The minimum absolute atomic E-state index is 0. The molecular formula is C23H26N6O. The highest BCUT2D eigenvalue weighted by Gasteiger charge is 2.18. The number of hydrogen-bond acceptors (Lipinski definition) is 6. The molecule has 0 saturated heterocycles. The SMILES string of the molecule is CC(C)C(c1ccc(OCc2ccccn2)cc1)c1ccc(-c2nnn[nH]2)cc1.N. The van der Waals surface area contributed by atoms with E-state index in [9.17, 15) is 0 Å². The van der Waals surface area contributed by atoms with Gasteiger partial charge in [-0.1, -0.05) is 56.3 Å². The number of benzene rings is 2. The van der Waals surface area contributed by atoms with Crippen LogP contribution < -0.4 is 10.9 Å². The summed E-state index contributed by atoms with van der Waals surface area (Å²) >= 11 is 0. The molecule has 2 aromatic carbocycles. The van der Waals surface area contributed by atoms with E-state index in [4.69, 9.17) is 4.74 Å². The molecule has 4 aromatic rings. The van der Waals surface area contributed by atoms with Crippen LogP contribution in [0.25, 0.3) is 11.4 Å². The van der Waals surface area contributed by atoms with E-state index < -0.39 is 0 Å². The summed E-state index contributed by atoms with van der Waals surface area (Å²) in [7, 11) is 0. The number of nitrogens with zero attached hydrogens (tertiary/aromatic N) is 4. The standard InChI is InChI=1S/C23H23N5O.H3N/c1-16(2)22(17-6-8-19(9-7-17)23-25-27-28-26-23)18-10-12-21(13-11-18)29-15-20-5-3-4-14-24-20;/h3-14,16,22H,15H2,1-2H3,(H,25,26,27,28);1H3. The molecule has 4 N–H and O–H groups in total. The van der Waals surface area contributed by atoms with Crippen LogP contribution in [-0.4, -0.2) is 25.6 Å². The Hall–Kier alpha value is -3.58. The van der Waals surface area contributed by atoms with Gasteiger partial charge in [0.15, 0.2) is 5.82 Å². The summed E-state index contributed by atoms with van der Waals surface area (Å²) in [6, 6.07) is 22.6. The Labute approximate surface area is 176 Å². The lowest BCUT2D eigenvalue weighted by Crippen LogP contribution is -2.08. The van der Waals surface area contributed by atoms with Crippen molar-refractivity contribution < 1.29 is 4.74 Å². The van der Waals surface area contributed by atoms with Crippen LogP contribution in [0.3, 0.4) is 0 Å². The third-order valence-corrected chi connectivity index (χ3v) is 4.91. The number of pyridine rings is 1. The van der Waals surface area contributed by atoms with Gasteiger partial charge in [0, 0.05) is 17.7 Å². The first-order chi connectivity index (χ1) is 14.2. The van der Waals surface area contributed by atoms with Crippen LogP contribution in [-0.2, 0) is 6.61 Å². The summed E-state index contributed by atoms with van der Waals surface area (Å²) in [6.07, 6.45) is 1.78. The number of rotatable bonds is 7. The van der Waals surface area contributed by atoms with Crippen molar-refractivity contribution in [2.24, 2.45) is 5.92 Å². The Morgan fingerprint density at radius 1 is 0.900 bits per heavy atom. The zero-order chi connectivity index (χ0) is 20.1. The number of hydrogen-bond donors (Lipinski definition) is 2. The van der Waals surface area contributed by atoms with Gasteiger partial charge in [-0.25, -0.2) is 5.10 Å². The second kappa shape index (κ2) is 9.76. The Bertz CT molecular complexity index is 1020. The molecule has 0 aliphatic carbocycles. The van der Waals surface area contributed by atoms with E-state index in [1.54, 1.807) is 6.20 Å². The van der Waals surface area contributed by atoms with E-state index in [2.05, 4.69) is 75.9 Å². The average molecular weight is 403 g/mol. The van der Waals surface area contributed by atoms with Crippen molar-refractivity contribution in [3.63, 3.8) is 0 Å². The third kappa shape index (κ3) is 4.87. The summed E-state index contributed by atoms with van der Waals surface area (Å²) in [6.45, 7) is 4.95. The fourth-order valence-corrected chi connectivity index (χ4v) is 3.50. The molecule has 0 spiro atoms. The molecular weight excluding hydrogens is 376 g/mol. The predicted molar refractivity (Wildman–Crippen MR) is 116 cm³/mol. The maximum atomic E-state index is 5.87. The summed E-state index contributed by atoms with van der Waals surface area (Å²) in [5.41, 5.74) is 4.41. The van der Waals surface area contributed by atoms with Crippen LogP contribution in [0, 0.1) is 5.92 Å². The van der Waals surface area contributed by atoms with Crippen LogP contribution in [0.1, 0.15) is 36.6 Å². The van der Waals surface area contributed by atoms with E-state index in [0.717, 1.165) is 17.0 Å².